The molecule has 2 unspecified atom stereocenters. The summed E-state index contributed by atoms with van der Waals surface area (Å²) in [6.45, 7) is 3.15. The molecule has 1 aliphatic rings. The van der Waals surface area contributed by atoms with Gasteiger partial charge in [-0.25, -0.2) is 0 Å². The van der Waals surface area contributed by atoms with E-state index in [2.05, 4.69) is 0 Å². The van der Waals surface area contributed by atoms with Crippen LogP contribution in [0.2, 0.25) is 0 Å². The Balaban J connectivity index is 1.93. The number of nitrogens with two attached hydrogens (primary N) is 1. The molecule has 2 atom stereocenters. The molecule has 5 nitrogen and oxygen atoms in total. The molecule has 1 heterocycles. The average molecular weight is 317 g/mol. The molecular formula is C18H27N3O2. The van der Waals surface area contributed by atoms with Crippen molar-refractivity contribution in [1.82, 2.24) is 9.80 Å². The van der Waals surface area contributed by atoms with Gasteiger partial charge < -0.3 is 15.5 Å². The third kappa shape index (κ3) is 4.10. The van der Waals surface area contributed by atoms with Crippen molar-refractivity contribution in [2.45, 2.75) is 25.8 Å². The lowest BCUT2D eigenvalue weighted by Crippen LogP contribution is -2.46. The van der Waals surface area contributed by atoms with Gasteiger partial charge in [-0.15, -0.1) is 0 Å². The predicted octanol–water partition coefficient (Wildman–Crippen LogP) is 1.65. The van der Waals surface area contributed by atoms with Gasteiger partial charge in [-0.2, -0.15) is 0 Å². The van der Waals surface area contributed by atoms with Crippen molar-refractivity contribution in [2.24, 2.45) is 17.6 Å². The maximum atomic E-state index is 12.7. The lowest BCUT2D eigenvalue weighted by atomic mass is 9.91. The summed E-state index contributed by atoms with van der Waals surface area (Å²) in [5.74, 6) is 0.00823. The van der Waals surface area contributed by atoms with Gasteiger partial charge in [0, 0.05) is 39.1 Å². The second-order valence-electron chi connectivity index (χ2n) is 6.56. The zero-order chi connectivity index (χ0) is 17.0. The van der Waals surface area contributed by atoms with Crippen LogP contribution in [0, 0.1) is 11.8 Å². The van der Waals surface area contributed by atoms with Crippen LogP contribution in [-0.4, -0.2) is 48.8 Å². The fraction of sp³-hybridized carbons (Fsp3) is 0.556. The van der Waals surface area contributed by atoms with Gasteiger partial charge in [0.25, 0.3) is 0 Å². The number of amides is 2. The van der Waals surface area contributed by atoms with Gasteiger partial charge in [0.05, 0.1) is 5.92 Å². The van der Waals surface area contributed by atoms with Crippen molar-refractivity contribution in [3.8, 4) is 0 Å². The molecule has 126 valence electrons. The van der Waals surface area contributed by atoms with Crippen molar-refractivity contribution in [1.29, 1.82) is 0 Å². The molecule has 2 rings (SSSR count). The SMILES string of the molecule is CC(C(=O)N1CCC(C(=O)N(C)C)CC1)C(N)c1ccccc1. The normalized spacial score (nSPS) is 18.3. The van der Waals surface area contributed by atoms with Crippen LogP contribution in [0.4, 0.5) is 0 Å². The zero-order valence-corrected chi connectivity index (χ0v) is 14.2. The molecule has 1 aromatic carbocycles. The predicted molar refractivity (Wildman–Crippen MR) is 90.5 cm³/mol. The van der Waals surface area contributed by atoms with Gasteiger partial charge in [-0.05, 0) is 18.4 Å². The number of carbonyl (C=O) groups is 2. The summed E-state index contributed by atoms with van der Waals surface area (Å²) in [6.07, 6.45) is 1.46. The van der Waals surface area contributed by atoms with Gasteiger partial charge in [0.15, 0.2) is 0 Å². The first-order valence-corrected chi connectivity index (χ1v) is 8.22. The second-order valence-corrected chi connectivity index (χ2v) is 6.56. The van der Waals surface area contributed by atoms with Crippen molar-refractivity contribution < 1.29 is 9.59 Å². The molecular weight excluding hydrogens is 290 g/mol. The molecule has 0 aliphatic carbocycles. The number of rotatable bonds is 4. The maximum Gasteiger partial charge on any atom is 0.227 e. The van der Waals surface area contributed by atoms with Gasteiger partial charge in [0.2, 0.25) is 11.8 Å². The molecule has 0 bridgehead atoms. The number of carbonyl (C=O) groups excluding carboxylic acids is 2. The monoisotopic (exact) mass is 317 g/mol. The molecule has 0 aromatic heterocycles. The number of piperidine rings is 1. The number of benzene rings is 1. The Morgan fingerprint density at radius 1 is 1.17 bits per heavy atom. The minimum absolute atomic E-state index is 0.0344. The molecule has 0 radical (unpaired) electrons. The van der Waals surface area contributed by atoms with Crippen molar-refractivity contribution in [3.05, 3.63) is 35.9 Å². The smallest absolute Gasteiger partial charge is 0.227 e. The van der Waals surface area contributed by atoms with Crippen LogP contribution in [0.15, 0.2) is 30.3 Å². The number of hydrogen-bond donors (Lipinski definition) is 1. The molecule has 5 heteroatoms. The summed E-state index contributed by atoms with van der Waals surface area (Å²) in [4.78, 5) is 28.2. The lowest BCUT2D eigenvalue weighted by molar-refractivity contribution is -0.141. The molecule has 1 saturated heterocycles. The summed E-state index contributed by atoms with van der Waals surface area (Å²) in [7, 11) is 3.56. The summed E-state index contributed by atoms with van der Waals surface area (Å²) < 4.78 is 0. The first-order chi connectivity index (χ1) is 10.9. The van der Waals surface area contributed by atoms with Gasteiger partial charge in [-0.1, -0.05) is 37.3 Å². The Bertz CT molecular complexity index is 536. The molecule has 1 aliphatic heterocycles. The molecule has 1 aromatic rings. The molecule has 0 saturated carbocycles. The van der Waals surface area contributed by atoms with Crippen LogP contribution in [0.25, 0.3) is 0 Å². The Morgan fingerprint density at radius 3 is 2.26 bits per heavy atom. The minimum atomic E-state index is -0.301. The Labute approximate surface area is 138 Å². The molecule has 0 spiro atoms. The van der Waals surface area contributed by atoms with Gasteiger partial charge >= 0.3 is 0 Å². The third-order valence-corrected chi connectivity index (χ3v) is 4.71. The van der Waals surface area contributed by atoms with E-state index in [0.29, 0.717) is 13.1 Å². The maximum absolute atomic E-state index is 12.7. The van der Waals surface area contributed by atoms with E-state index in [4.69, 9.17) is 5.73 Å². The lowest BCUT2D eigenvalue weighted by Gasteiger charge is -2.35. The van der Waals surface area contributed by atoms with E-state index in [-0.39, 0.29) is 29.7 Å². The molecule has 23 heavy (non-hydrogen) atoms. The second kappa shape index (κ2) is 7.59. The van der Waals surface area contributed by atoms with Crippen LogP contribution >= 0.6 is 0 Å². The topological polar surface area (TPSA) is 66.6 Å². The zero-order valence-electron chi connectivity index (χ0n) is 14.2. The van der Waals surface area contributed by atoms with E-state index < -0.39 is 0 Å². The van der Waals surface area contributed by atoms with Gasteiger partial charge in [-0.3, -0.25) is 9.59 Å². The van der Waals surface area contributed by atoms with Crippen LogP contribution in [0.5, 0.6) is 0 Å². The van der Waals surface area contributed by atoms with E-state index in [9.17, 15) is 9.59 Å². The highest BCUT2D eigenvalue weighted by atomic mass is 16.2. The Hall–Kier alpha value is -1.88. The Morgan fingerprint density at radius 2 is 1.74 bits per heavy atom. The van der Waals surface area contributed by atoms with Crippen molar-refractivity contribution in [2.75, 3.05) is 27.2 Å². The largest absolute Gasteiger partial charge is 0.349 e. The molecule has 2 N–H and O–H groups in total. The first-order valence-electron chi connectivity index (χ1n) is 8.22. The van der Waals surface area contributed by atoms with Crippen LogP contribution in [0.1, 0.15) is 31.4 Å². The molecule has 1 fully saturated rings. The number of hydrogen-bond acceptors (Lipinski definition) is 3. The number of likely N-dealkylation sites (tertiary alicyclic amines) is 1. The number of nitrogens with zero attached hydrogens (tertiary/aromatic N) is 2. The summed E-state index contributed by atoms with van der Waals surface area (Å²) in [5.41, 5.74) is 7.23. The minimum Gasteiger partial charge on any atom is -0.349 e. The first kappa shape index (κ1) is 17.5. The fourth-order valence-corrected chi connectivity index (χ4v) is 3.12. The standard InChI is InChI=1S/C18H27N3O2/c1-13(16(19)14-7-5-4-6-8-14)17(22)21-11-9-15(10-12-21)18(23)20(2)3/h4-8,13,15-16H,9-12,19H2,1-3H3. The van der Waals surface area contributed by atoms with E-state index >= 15 is 0 Å². The highest BCUT2D eigenvalue weighted by Crippen LogP contribution is 2.25. The molecule has 2 amide bonds. The van der Waals surface area contributed by atoms with Crippen molar-refractivity contribution >= 4 is 11.8 Å². The average Bonchev–Trinajstić information content (AvgIpc) is 2.60. The van der Waals surface area contributed by atoms with E-state index in [1.54, 1.807) is 19.0 Å². The summed E-state index contributed by atoms with van der Waals surface area (Å²) in [6, 6.07) is 9.42. The summed E-state index contributed by atoms with van der Waals surface area (Å²) >= 11 is 0. The Kier molecular flexibility index (Phi) is 5.77. The van der Waals surface area contributed by atoms with E-state index in [1.165, 1.54) is 0 Å². The fourth-order valence-electron chi connectivity index (χ4n) is 3.12. The van der Waals surface area contributed by atoms with Crippen LogP contribution < -0.4 is 5.73 Å². The highest BCUT2D eigenvalue weighted by Gasteiger charge is 2.32. The van der Waals surface area contributed by atoms with Gasteiger partial charge in [0.1, 0.15) is 0 Å². The summed E-state index contributed by atoms with van der Waals surface area (Å²) in [5, 5.41) is 0. The van der Waals surface area contributed by atoms with Crippen molar-refractivity contribution in [3.63, 3.8) is 0 Å². The van der Waals surface area contributed by atoms with Crippen LogP contribution in [0.3, 0.4) is 0 Å². The highest BCUT2D eigenvalue weighted by molar-refractivity contribution is 5.81. The van der Waals surface area contributed by atoms with E-state index in [1.807, 2.05) is 42.2 Å². The quantitative estimate of drug-likeness (QED) is 0.918. The van der Waals surface area contributed by atoms with Crippen LogP contribution in [-0.2, 0) is 9.59 Å². The van der Waals surface area contributed by atoms with E-state index in [0.717, 1.165) is 18.4 Å². The third-order valence-electron chi connectivity index (χ3n) is 4.71.